The van der Waals surface area contributed by atoms with Gasteiger partial charge in [-0.2, -0.15) is 0 Å². The summed E-state index contributed by atoms with van der Waals surface area (Å²) in [6.45, 7) is 4.87. The number of nitrogens with one attached hydrogen (secondary N) is 1. The molecule has 0 radical (unpaired) electrons. The highest BCUT2D eigenvalue weighted by molar-refractivity contribution is 7.10. The molecule has 2 aromatic heterocycles. The SMILES string of the molecule is Cc1nnc(CN[C@@H](C)c2cccs2)n1C. The van der Waals surface area contributed by atoms with E-state index in [1.54, 1.807) is 11.3 Å². The second kappa shape index (κ2) is 4.76. The van der Waals surface area contributed by atoms with Crippen molar-refractivity contribution in [2.75, 3.05) is 0 Å². The van der Waals surface area contributed by atoms with Crippen LogP contribution < -0.4 is 5.32 Å². The molecule has 2 rings (SSSR count). The van der Waals surface area contributed by atoms with Gasteiger partial charge in [0.25, 0.3) is 0 Å². The molecule has 0 saturated carbocycles. The van der Waals surface area contributed by atoms with Crippen LogP contribution in [0, 0.1) is 6.92 Å². The first kappa shape index (κ1) is 11.3. The summed E-state index contributed by atoms with van der Waals surface area (Å²) in [6, 6.07) is 4.58. The van der Waals surface area contributed by atoms with Crippen molar-refractivity contribution in [1.29, 1.82) is 0 Å². The van der Waals surface area contributed by atoms with E-state index >= 15 is 0 Å². The summed E-state index contributed by atoms with van der Waals surface area (Å²) < 4.78 is 2.01. The van der Waals surface area contributed by atoms with Crippen LogP contribution in [-0.2, 0) is 13.6 Å². The molecule has 5 heteroatoms. The Balaban J connectivity index is 1.95. The molecular formula is C11H16N4S. The molecular weight excluding hydrogens is 220 g/mol. The van der Waals surface area contributed by atoms with Gasteiger partial charge in [0.1, 0.15) is 11.6 Å². The normalized spacial score (nSPS) is 12.9. The average molecular weight is 236 g/mol. The molecule has 1 N–H and O–H groups in total. The first-order chi connectivity index (χ1) is 7.68. The first-order valence-electron chi connectivity index (χ1n) is 5.30. The lowest BCUT2D eigenvalue weighted by atomic mass is 10.3. The van der Waals surface area contributed by atoms with Crippen molar-refractivity contribution in [3.05, 3.63) is 34.0 Å². The molecule has 0 saturated heterocycles. The van der Waals surface area contributed by atoms with Gasteiger partial charge in [-0.1, -0.05) is 6.07 Å². The van der Waals surface area contributed by atoms with E-state index in [1.807, 2.05) is 18.5 Å². The van der Waals surface area contributed by atoms with Crippen molar-refractivity contribution < 1.29 is 0 Å². The zero-order valence-corrected chi connectivity index (χ0v) is 10.6. The van der Waals surface area contributed by atoms with Crippen LogP contribution in [0.15, 0.2) is 17.5 Å². The number of hydrogen-bond donors (Lipinski definition) is 1. The molecule has 0 bridgehead atoms. The Morgan fingerprint density at radius 3 is 2.88 bits per heavy atom. The van der Waals surface area contributed by atoms with Crippen molar-refractivity contribution in [2.45, 2.75) is 26.4 Å². The minimum absolute atomic E-state index is 0.358. The highest BCUT2D eigenvalue weighted by Gasteiger charge is 2.08. The first-order valence-corrected chi connectivity index (χ1v) is 6.18. The quantitative estimate of drug-likeness (QED) is 0.883. The summed E-state index contributed by atoms with van der Waals surface area (Å²) in [6.07, 6.45) is 0. The fraction of sp³-hybridized carbons (Fsp3) is 0.455. The van der Waals surface area contributed by atoms with Crippen molar-refractivity contribution in [1.82, 2.24) is 20.1 Å². The van der Waals surface area contributed by atoms with E-state index in [9.17, 15) is 0 Å². The van der Waals surface area contributed by atoms with E-state index in [2.05, 4.69) is 40.0 Å². The van der Waals surface area contributed by atoms with E-state index in [1.165, 1.54) is 4.88 Å². The summed E-state index contributed by atoms with van der Waals surface area (Å²) in [5.74, 6) is 1.92. The van der Waals surface area contributed by atoms with Gasteiger partial charge in [0.05, 0.1) is 6.54 Å². The molecule has 0 unspecified atom stereocenters. The third-order valence-corrected chi connectivity index (χ3v) is 3.77. The molecule has 0 spiro atoms. The lowest BCUT2D eigenvalue weighted by Gasteiger charge is -2.11. The minimum Gasteiger partial charge on any atom is -0.317 e. The smallest absolute Gasteiger partial charge is 0.146 e. The monoisotopic (exact) mass is 236 g/mol. The second-order valence-corrected chi connectivity index (χ2v) is 4.82. The van der Waals surface area contributed by atoms with E-state index in [-0.39, 0.29) is 0 Å². The maximum Gasteiger partial charge on any atom is 0.146 e. The second-order valence-electron chi connectivity index (χ2n) is 3.84. The molecule has 0 fully saturated rings. The van der Waals surface area contributed by atoms with Gasteiger partial charge >= 0.3 is 0 Å². The highest BCUT2D eigenvalue weighted by Crippen LogP contribution is 2.18. The van der Waals surface area contributed by atoms with E-state index in [0.717, 1.165) is 18.2 Å². The topological polar surface area (TPSA) is 42.7 Å². The number of rotatable bonds is 4. The van der Waals surface area contributed by atoms with Crippen molar-refractivity contribution in [3.8, 4) is 0 Å². The predicted molar refractivity (Wildman–Crippen MR) is 65.3 cm³/mol. The van der Waals surface area contributed by atoms with Crippen LogP contribution in [0.25, 0.3) is 0 Å². The molecule has 2 heterocycles. The average Bonchev–Trinajstić information content (AvgIpc) is 2.89. The molecule has 16 heavy (non-hydrogen) atoms. The van der Waals surface area contributed by atoms with Crippen molar-refractivity contribution in [2.24, 2.45) is 7.05 Å². The molecule has 2 aromatic rings. The zero-order valence-electron chi connectivity index (χ0n) is 9.77. The van der Waals surface area contributed by atoms with Gasteiger partial charge in [-0.25, -0.2) is 0 Å². The molecule has 86 valence electrons. The Labute approximate surface area is 99.3 Å². The fourth-order valence-corrected chi connectivity index (χ4v) is 2.25. The molecule has 1 atom stereocenters. The number of thiophene rings is 1. The Morgan fingerprint density at radius 2 is 2.31 bits per heavy atom. The number of nitrogens with zero attached hydrogens (tertiary/aromatic N) is 3. The van der Waals surface area contributed by atoms with Crippen LogP contribution in [0.3, 0.4) is 0 Å². The number of hydrogen-bond acceptors (Lipinski definition) is 4. The van der Waals surface area contributed by atoms with Crippen LogP contribution in [-0.4, -0.2) is 14.8 Å². The Hall–Kier alpha value is -1.20. The summed E-state index contributed by atoms with van der Waals surface area (Å²) in [5.41, 5.74) is 0. The van der Waals surface area contributed by atoms with Crippen LogP contribution in [0.2, 0.25) is 0 Å². The van der Waals surface area contributed by atoms with E-state index in [0.29, 0.717) is 6.04 Å². The van der Waals surface area contributed by atoms with Crippen molar-refractivity contribution in [3.63, 3.8) is 0 Å². The minimum atomic E-state index is 0.358. The maximum absolute atomic E-state index is 4.12. The van der Waals surface area contributed by atoms with Gasteiger partial charge in [-0.05, 0) is 25.3 Å². The van der Waals surface area contributed by atoms with E-state index < -0.39 is 0 Å². The summed E-state index contributed by atoms with van der Waals surface area (Å²) in [7, 11) is 1.99. The summed E-state index contributed by atoms with van der Waals surface area (Å²) >= 11 is 1.77. The van der Waals surface area contributed by atoms with E-state index in [4.69, 9.17) is 0 Å². The van der Waals surface area contributed by atoms with Crippen LogP contribution >= 0.6 is 11.3 Å². The molecule has 4 nitrogen and oxygen atoms in total. The standard InChI is InChI=1S/C11H16N4S/c1-8(10-5-4-6-16-10)12-7-11-14-13-9(2)15(11)3/h4-6,8,12H,7H2,1-3H3/t8-/m0/s1. The summed E-state index contributed by atoms with van der Waals surface area (Å²) in [5, 5.41) is 13.7. The largest absolute Gasteiger partial charge is 0.317 e. The lowest BCUT2D eigenvalue weighted by molar-refractivity contribution is 0.554. The lowest BCUT2D eigenvalue weighted by Crippen LogP contribution is -2.19. The summed E-state index contributed by atoms with van der Waals surface area (Å²) in [4.78, 5) is 1.35. The third kappa shape index (κ3) is 2.31. The van der Waals surface area contributed by atoms with Gasteiger partial charge in [0.2, 0.25) is 0 Å². The predicted octanol–water partition coefficient (Wildman–Crippen LogP) is 2.04. The Bertz CT molecular complexity index is 447. The fourth-order valence-electron chi connectivity index (χ4n) is 1.49. The molecule has 0 aromatic carbocycles. The van der Waals surface area contributed by atoms with Gasteiger partial charge in [-0.3, -0.25) is 0 Å². The maximum atomic E-state index is 4.12. The van der Waals surface area contributed by atoms with Crippen molar-refractivity contribution >= 4 is 11.3 Å². The Morgan fingerprint density at radius 1 is 1.50 bits per heavy atom. The van der Waals surface area contributed by atoms with Gasteiger partial charge in [0.15, 0.2) is 0 Å². The van der Waals surface area contributed by atoms with Crippen LogP contribution in [0.1, 0.15) is 29.5 Å². The number of aryl methyl sites for hydroxylation is 1. The van der Waals surface area contributed by atoms with Gasteiger partial charge in [0, 0.05) is 18.0 Å². The van der Waals surface area contributed by atoms with Crippen LogP contribution in [0.4, 0.5) is 0 Å². The Kier molecular flexibility index (Phi) is 3.36. The molecule has 0 aliphatic heterocycles. The molecule has 0 aliphatic rings. The van der Waals surface area contributed by atoms with Gasteiger partial charge in [-0.15, -0.1) is 21.5 Å². The molecule has 0 amide bonds. The third-order valence-electron chi connectivity index (χ3n) is 2.72. The highest BCUT2D eigenvalue weighted by atomic mass is 32.1. The molecule has 0 aliphatic carbocycles. The van der Waals surface area contributed by atoms with Crippen LogP contribution in [0.5, 0.6) is 0 Å². The number of aromatic nitrogens is 3. The zero-order chi connectivity index (χ0) is 11.5. The van der Waals surface area contributed by atoms with Gasteiger partial charge < -0.3 is 9.88 Å².